The van der Waals surface area contributed by atoms with Crippen LogP contribution in [0.3, 0.4) is 0 Å². The van der Waals surface area contributed by atoms with Crippen LogP contribution in [0.5, 0.6) is 0 Å². The van der Waals surface area contributed by atoms with Crippen LogP contribution >= 0.6 is 0 Å². The Balaban J connectivity index is 2.36. The Kier molecular flexibility index (Phi) is 4.73. The van der Waals surface area contributed by atoms with Crippen LogP contribution in [-0.2, 0) is 4.79 Å². The van der Waals surface area contributed by atoms with Gasteiger partial charge in [0.25, 0.3) is 5.91 Å². The first-order chi connectivity index (χ1) is 10.4. The van der Waals surface area contributed by atoms with E-state index in [4.69, 9.17) is 5.73 Å². The molecule has 2 rings (SSSR count). The zero-order chi connectivity index (χ0) is 16.3. The van der Waals surface area contributed by atoms with Gasteiger partial charge in [0.2, 0.25) is 6.29 Å². The number of primary amides is 1. The predicted molar refractivity (Wildman–Crippen MR) is 84.2 cm³/mol. The minimum Gasteiger partial charge on any atom is -0.364 e. The molecule has 2 heterocycles. The molecule has 0 spiro atoms. The van der Waals surface area contributed by atoms with Gasteiger partial charge in [-0.15, -0.1) is 0 Å². The first-order valence-electron chi connectivity index (χ1n) is 7.77. The highest BCUT2D eigenvalue weighted by molar-refractivity contribution is 5.91. The zero-order valence-corrected chi connectivity index (χ0v) is 13.9. The second-order valence-electron chi connectivity index (χ2n) is 6.58. The highest BCUT2D eigenvalue weighted by Crippen LogP contribution is 2.36. The minimum absolute atomic E-state index is 0.170. The summed E-state index contributed by atoms with van der Waals surface area (Å²) in [6.07, 6.45) is 8.07. The highest BCUT2D eigenvalue weighted by Gasteiger charge is 2.40. The zero-order valence-electron chi connectivity index (χ0n) is 13.9. The van der Waals surface area contributed by atoms with Gasteiger partial charge in [0.1, 0.15) is 18.4 Å². The van der Waals surface area contributed by atoms with Gasteiger partial charge in [-0.2, -0.15) is 5.10 Å². The maximum atomic E-state index is 11.9. The molecule has 0 bridgehead atoms. The van der Waals surface area contributed by atoms with Crippen LogP contribution in [0, 0.1) is 0 Å². The van der Waals surface area contributed by atoms with Gasteiger partial charge in [0.15, 0.2) is 0 Å². The normalized spacial score (nSPS) is 18.7. The summed E-state index contributed by atoms with van der Waals surface area (Å²) in [4.78, 5) is 20.0. The van der Waals surface area contributed by atoms with E-state index in [2.05, 4.69) is 42.7 Å². The van der Waals surface area contributed by atoms with Crippen LogP contribution in [0.4, 0.5) is 0 Å². The monoisotopic (exact) mass is 306 g/mol. The van der Waals surface area contributed by atoms with Crippen LogP contribution in [-0.4, -0.2) is 42.6 Å². The lowest BCUT2D eigenvalue weighted by atomic mass is 10.1. The molecule has 22 heavy (non-hydrogen) atoms. The number of nitrogens with zero attached hydrogens (tertiary/aromatic N) is 5. The van der Waals surface area contributed by atoms with E-state index in [1.54, 1.807) is 11.0 Å². The van der Waals surface area contributed by atoms with Crippen molar-refractivity contribution < 1.29 is 4.79 Å². The van der Waals surface area contributed by atoms with E-state index >= 15 is 0 Å². The molecule has 0 saturated carbocycles. The number of hydrogen-bond donors (Lipinski definition) is 1. The van der Waals surface area contributed by atoms with E-state index in [9.17, 15) is 4.79 Å². The maximum absolute atomic E-state index is 11.9. The first kappa shape index (κ1) is 16.3. The van der Waals surface area contributed by atoms with Crippen molar-refractivity contribution in [2.45, 2.75) is 58.8 Å². The molecule has 7 heteroatoms. The average molecular weight is 306 g/mol. The molecular weight excluding hydrogens is 280 g/mol. The van der Waals surface area contributed by atoms with Crippen molar-refractivity contribution in [3.63, 3.8) is 0 Å². The van der Waals surface area contributed by atoms with Crippen molar-refractivity contribution >= 4 is 5.91 Å². The summed E-state index contributed by atoms with van der Waals surface area (Å²) in [5.74, 6) is -0.409. The Morgan fingerprint density at radius 1 is 1.36 bits per heavy atom. The van der Waals surface area contributed by atoms with Crippen LogP contribution in [0.2, 0.25) is 0 Å². The summed E-state index contributed by atoms with van der Waals surface area (Å²) >= 11 is 0. The van der Waals surface area contributed by atoms with E-state index in [1.165, 1.54) is 6.33 Å². The van der Waals surface area contributed by atoms with Crippen molar-refractivity contribution in [3.8, 4) is 0 Å². The second-order valence-corrected chi connectivity index (χ2v) is 6.58. The SMILES string of the molecule is CCCCCN1C(C(N)=O)=CN(C(C)(C)C)C1n1cncn1. The predicted octanol–water partition coefficient (Wildman–Crippen LogP) is 1.67. The lowest BCUT2D eigenvalue weighted by Gasteiger charge is -2.40. The Morgan fingerprint density at radius 3 is 2.59 bits per heavy atom. The molecule has 0 aliphatic carbocycles. The van der Waals surface area contributed by atoms with Gasteiger partial charge in [-0.05, 0) is 27.2 Å². The van der Waals surface area contributed by atoms with E-state index in [-0.39, 0.29) is 11.8 Å². The fourth-order valence-corrected chi connectivity index (χ4v) is 2.67. The smallest absolute Gasteiger partial charge is 0.266 e. The molecule has 1 amide bonds. The van der Waals surface area contributed by atoms with Crippen molar-refractivity contribution in [2.24, 2.45) is 5.73 Å². The first-order valence-corrected chi connectivity index (χ1v) is 7.77. The number of rotatable bonds is 6. The molecule has 1 aromatic rings. The van der Waals surface area contributed by atoms with Gasteiger partial charge in [0.05, 0.1) is 0 Å². The number of aromatic nitrogens is 3. The van der Waals surface area contributed by atoms with Crippen molar-refractivity contribution in [3.05, 3.63) is 24.6 Å². The maximum Gasteiger partial charge on any atom is 0.266 e. The van der Waals surface area contributed by atoms with Gasteiger partial charge < -0.3 is 15.5 Å². The van der Waals surface area contributed by atoms with Crippen molar-refractivity contribution in [2.75, 3.05) is 6.54 Å². The Hall–Kier alpha value is -2.05. The second kappa shape index (κ2) is 6.37. The molecule has 0 radical (unpaired) electrons. The largest absolute Gasteiger partial charge is 0.364 e. The lowest BCUT2D eigenvalue weighted by molar-refractivity contribution is -0.116. The number of carbonyl (C=O) groups is 1. The van der Waals surface area contributed by atoms with Gasteiger partial charge in [0, 0.05) is 18.3 Å². The molecule has 122 valence electrons. The van der Waals surface area contributed by atoms with Gasteiger partial charge in [-0.25, -0.2) is 9.67 Å². The standard InChI is InChI=1S/C15H26N6O/c1-5-6-7-8-19-12(13(16)22)9-20(15(2,3)4)14(19)21-11-17-10-18-21/h9-11,14H,5-8H2,1-4H3,(H2,16,22). The van der Waals surface area contributed by atoms with Crippen LogP contribution in [0.25, 0.3) is 0 Å². The van der Waals surface area contributed by atoms with Gasteiger partial charge in [-0.3, -0.25) is 4.79 Å². The average Bonchev–Trinajstić information content (AvgIpc) is 3.04. The molecule has 7 nitrogen and oxygen atoms in total. The summed E-state index contributed by atoms with van der Waals surface area (Å²) in [5, 5.41) is 4.27. The summed E-state index contributed by atoms with van der Waals surface area (Å²) in [6, 6.07) is 0. The number of carbonyl (C=O) groups excluding carboxylic acids is 1. The molecule has 0 aromatic carbocycles. The summed E-state index contributed by atoms with van der Waals surface area (Å²) in [7, 11) is 0. The molecule has 1 aromatic heterocycles. The van der Waals surface area contributed by atoms with E-state index in [0.29, 0.717) is 5.70 Å². The molecule has 0 fully saturated rings. The Morgan fingerprint density at radius 2 is 2.09 bits per heavy atom. The van der Waals surface area contributed by atoms with Gasteiger partial charge >= 0.3 is 0 Å². The fourth-order valence-electron chi connectivity index (χ4n) is 2.67. The topological polar surface area (TPSA) is 80.3 Å². The van der Waals surface area contributed by atoms with E-state index in [0.717, 1.165) is 25.8 Å². The van der Waals surface area contributed by atoms with Crippen LogP contribution in [0.15, 0.2) is 24.6 Å². The molecule has 2 N–H and O–H groups in total. The van der Waals surface area contributed by atoms with Crippen molar-refractivity contribution in [1.82, 2.24) is 24.6 Å². The molecule has 1 aliphatic heterocycles. The molecule has 1 unspecified atom stereocenters. The molecular formula is C15H26N6O. The number of nitrogens with two attached hydrogens (primary N) is 1. The molecule has 0 saturated heterocycles. The van der Waals surface area contributed by atoms with Gasteiger partial charge in [-0.1, -0.05) is 19.8 Å². The van der Waals surface area contributed by atoms with Crippen LogP contribution < -0.4 is 5.73 Å². The van der Waals surface area contributed by atoms with Crippen molar-refractivity contribution in [1.29, 1.82) is 0 Å². The third-order valence-corrected chi connectivity index (χ3v) is 3.80. The number of amides is 1. The van der Waals surface area contributed by atoms with E-state index < -0.39 is 5.91 Å². The summed E-state index contributed by atoms with van der Waals surface area (Å²) < 4.78 is 1.77. The fraction of sp³-hybridized carbons (Fsp3) is 0.667. The third-order valence-electron chi connectivity index (χ3n) is 3.80. The minimum atomic E-state index is -0.409. The molecule has 1 aliphatic rings. The number of unbranched alkanes of at least 4 members (excludes halogenated alkanes) is 2. The Labute approximate surface area is 131 Å². The summed E-state index contributed by atoms with van der Waals surface area (Å²) in [5.41, 5.74) is 5.96. The summed E-state index contributed by atoms with van der Waals surface area (Å²) in [6.45, 7) is 9.22. The Bertz CT molecular complexity index is 531. The highest BCUT2D eigenvalue weighted by atomic mass is 16.1. The van der Waals surface area contributed by atoms with Crippen LogP contribution in [0.1, 0.15) is 53.2 Å². The molecule has 1 atom stereocenters. The quantitative estimate of drug-likeness (QED) is 0.809. The third kappa shape index (κ3) is 3.23. The van der Waals surface area contributed by atoms with E-state index in [1.807, 2.05) is 11.1 Å². The lowest BCUT2D eigenvalue weighted by Crippen LogP contribution is -2.46. The number of hydrogen-bond acceptors (Lipinski definition) is 5.